The third-order valence-corrected chi connectivity index (χ3v) is 6.30. The zero-order valence-electron chi connectivity index (χ0n) is 12.8. The lowest BCUT2D eigenvalue weighted by Crippen LogP contribution is -2.30. The van der Waals surface area contributed by atoms with Crippen LogP contribution in [0.3, 0.4) is 0 Å². The maximum absolute atomic E-state index is 11.5. The summed E-state index contributed by atoms with van der Waals surface area (Å²) in [6.45, 7) is 0. The topological polar surface area (TPSA) is 85.6 Å². The fraction of sp³-hybridized carbons (Fsp3) is 0.571. The van der Waals surface area contributed by atoms with Gasteiger partial charge in [0, 0.05) is 16.7 Å². The molecular formula is C14H19BrN4O3S. The number of nitrogens with one attached hydrogen (secondary N) is 1. The van der Waals surface area contributed by atoms with E-state index in [4.69, 9.17) is 0 Å². The van der Waals surface area contributed by atoms with Crippen molar-refractivity contribution in [1.82, 2.24) is 14.6 Å². The third-order valence-electron chi connectivity index (χ3n) is 4.24. The van der Waals surface area contributed by atoms with Gasteiger partial charge in [0.25, 0.3) is 10.1 Å². The van der Waals surface area contributed by atoms with Crippen molar-refractivity contribution >= 4 is 37.5 Å². The lowest BCUT2D eigenvalue weighted by atomic mass is 9.87. The van der Waals surface area contributed by atoms with E-state index in [1.165, 1.54) is 7.11 Å². The molecule has 0 amide bonds. The number of halogens is 1. The van der Waals surface area contributed by atoms with Crippen molar-refractivity contribution in [1.29, 1.82) is 0 Å². The van der Waals surface area contributed by atoms with Gasteiger partial charge >= 0.3 is 0 Å². The predicted octanol–water partition coefficient (Wildman–Crippen LogP) is 2.44. The molecule has 1 fully saturated rings. The van der Waals surface area contributed by atoms with E-state index >= 15 is 0 Å². The second-order valence-electron chi connectivity index (χ2n) is 5.83. The van der Waals surface area contributed by atoms with Gasteiger partial charge in [-0.1, -0.05) is 0 Å². The first-order valence-corrected chi connectivity index (χ1v) is 9.88. The van der Waals surface area contributed by atoms with Crippen LogP contribution in [-0.4, -0.2) is 41.9 Å². The highest BCUT2D eigenvalue weighted by Crippen LogP contribution is 2.27. The molecule has 1 aliphatic carbocycles. The van der Waals surface area contributed by atoms with E-state index < -0.39 is 10.1 Å². The van der Waals surface area contributed by atoms with Gasteiger partial charge in [-0.15, -0.1) is 5.10 Å². The van der Waals surface area contributed by atoms with Crippen LogP contribution in [0.25, 0.3) is 5.52 Å². The molecule has 0 unspecified atom stereocenters. The monoisotopic (exact) mass is 402 g/mol. The SMILES string of the molecule is COS(=O)(=O)CC1CCC(Nc2ncc3c(Br)ccn3n2)CC1. The molecule has 1 saturated carbocycles. The summed E-state index contributed by atoms with van der Waals surface area (Å²) in [6.07, 6.45) is 7.17. The third kappa shape index (κ3) is 4.02. The van der Waals surface area contributed by atoms with Crippen LogP contribution in [0.1, 0.15) is 25.7 Å². The summed E-state index contributed by atoms with van der Waals surface area (Å²) in [6, 6.07) is 2.20. The Morgan fingerprint density at radius 1 is 1.39 bits per heavy atom. The molecule has 0 atom stereocenters. The highest BCUT2D eigenvalue weighted by molar-refractivity contribution is 9.10. The van der Waals surface area contributed by atoms with Gasteiger partial charge in [0.1, 0.15) is 0 Å². The molecule has 9 heteroatoms. The van der Waals surface area contributed by atoms with Crippen molar-refractivity contribution in [2.45, 2.75) is 31.7 Å². The molecule has 126 valence electrons. The summed E-state index contributed by atoms with van der Waals surface area (Å²) in [7, 11) is -2.15. The summed E-state index contributed by atoms with van der Waals surface area (Å²) in [5, 5.41) is 7.77. The Balaban J connectivity index is 1.57. The van der Waals surface area contributed by atoms with E-state index in [1.807, 2.05) is 12.3 Å². The molecule has 2 heterocycles. The number of hydrogen-bond donors (Lipinski definition) is 1. The van der Waals surface area contributed by atoms with Crippen molar-refractivity contribution < 1.29 is 12.6 Å². The van der Waals surface area contributed by atoms with Crippen LogP contribution in [-0.2, 0) is 14.3 Å². The summed E-state index contributed by atoms with van der Waals surface area (Å²) in [5.41, 5.74) is 0.920. The maximum atomic E-state index is 11.5. The smallest absolute Gasteiger partial charge is 0.267 e. The van der Waals surface area contributed by atoms with Gasteiger partial charge in [-0.2, -0.15) is 8.42 Å². The number of hydrogen-bond acceptors (Lipinski definition) is 6. The zero-order valence-corrected chi connectivity index (χ0v) is 15.2. The average molecular weight is 403 g/mol. The number of aromatic nitrogens is 3. The Hall–Kier alpha value is -1.19. The van der Waals surface area contributed by atoms with Crippen molar-refractivity contribution in [2.75, 3.05) is 18.2 Å². The largest absolute Gasteiger partial charge is 0.350 e. The van der Waals surface area contributed by atoms with Crippen LogP contribution in [0, 0.1) is 5.92 Å². The molecule has 7 nitrogen and oxygen atoms in total. The van der Waals surface area contributed by atoms with E-state index in [0.29, 0.717) is 5.95 Å². The van der Waals surface area contributed by atoms with E-state index in [-0.39, 0.29) is 17.7 Å². The van der Waals surface area contributed by atoms with Crippen LogP contribution >= 0.6 is 15.9 Å². The summed E-state index contributed by atoms with van der Waals surface area (Å²) in [4.78, 5) is 4.34. The van der Waals surface area contributed by atoms with Gasteiger partial charge in [0.05, 0.1) is 24.6 Å². The normalized spacial score (nSPS) is 22.3. The summed E-state index contributed by atoms with van der Waals surface area (Å²) < 4.78 is 30.3. The Morgan fingerprint density at radius 3 is 2.83 bits per heavy atom. The van der Waals surface area contributed by atoms with Crippen LogP contribution in [0.2, 0.25) is 0 Å². The lowest BCUT2D eigenvalue weighted by Gasteiger charge is -2.28. The molecule has 23 heavy (non-hydrogen) atoms. The molecular weight excluding hydrogens is 384 g/mol. The summed E-state index contributed by atoms with van der Waals surface area (Å²) >= 11 is 3.45. The minimum Gasteiger partial charge on any atom is -0.350 e. The first-order valence-electron chi connectivity index (χ1n) is 7.51. The van der Waals surface area contributed by atoms with Gasteiger partial charge in [0.2, 0.25) is 5.95 Å². The highest BCUT2D eigenvalue weighted by Gasteiger charge is 2.26. The predicted molar refractivity (Wildman–Crippen MR) is 90.9 cm³/mol. The molecule has 2 aromatic rings. The van der Waals surface area contributed by atoms with Gasteiger partial charge in [-0.3, -0.25) is 4.18 Å². The van der Waals surface area contributed by atoms with Crippen LogP contribution in [0.15, 0.2) is 22.9 Å². The number of rotatable bonds is 5. The summed E-state index contributed by atoms with van der Waals surface area (Å²) in [5.74, 6) is 0.867. The Kier molecular flexibility index (Phi) is 4.88. The molecule has 1 N–H and O–H groups in total. The van der Waals surface area contributed by atoms with Crippen LogP contribution in [0.4, 0.5) is 5.95 Å². The molecule has 0 radical (unpaired) electrons. The average Bonchev–Trinajstić information content (AvgIpc) is 2.90. The van der Waals surface area contributed by atoms with Gasteiger partial charge in [-0.05, 0) is 53.6 Å². The standard InChI is InChI=1S/C14H19BrN4O3S/c1-22-23(20,21)9-10-2-4-11(5-3-10)17-14-16-8-13-12(15)6-7-19(13)18-14/h6-8,10-11H,2-5,9H2,1H3,(H,17,18). The van der Waals surface area contributed by atoms with Crippen LogP contribution in [0.5, 0.6) is 0 Å². The number of anilines is 1. The molecule has 3 rings (SSSR count). The Morgan fingerprint density at radius 2 is 2.13 bits per heavy atom. The number of fused-ring (bicyclic) bond motifs is 1. The molecule has 0 bridgehead atoms. The Labute approximate surface area is 143 Å². The molecule has 0 aliphatic heterocycles. The van der Waals surface area contributed by atoms with Crippen molar-refractivity contribution in [3.8, 4) is 0 Å². The van der Waals surface area contributed by atoms with E-state index in [9.17, 15) is 8.42 Å². The van der Waals surface area contributed by atoms with Crippen molar-refractivity contribution in [3.05, 3.63) is 22.9 Å². The molecule has 2 aromatic heterocycles. The van der Waals surface area contributed by atoms with E-state index in [0.717, 1.165) is 35.7 Å². The molecule has 0 saturated heterocycles. The van der Waals surface area contributed by atoms with Gasteiger partial charge in [0.15, 0.2) is 0 Å². The lowest BCUT2D eigenvalue weighted by molar-refractivity contribution is 0.340. The first-order chi connectivity index (χ1) is 11.0. The van der Waals surface area contributed by atoms with E-state index in [2.05, 4.69) is 35.5 Å². The maximum Gasteiger partial charge on any atom is 0.267 e. The fourth-order valence-electron chi connectivity index (χ4n) is 2.95. The zero-order chi connectivity index (χ0) is 16.4. The van der Waals surface area contributed by atoms with Gasteiger partial charge in [-0.25, -0.2) is 9.50 Å². The minimum atomic E-state index is -3.37. The second kappa shape index (κ2) is 6.74. The fourth-order valence-corrected chi connectivity index (χ4v) is 4.40. The Bertz CT molecular complexity index is 784. The number of nitrogens with zero attached hydrogens (tertiary/aromatic N) is 3. The van der Waals surface area contributed by atoms with Crippen molar-refractivity contribution in [2.24, 2.45) is 5.92 Å². The minimum absolute atomic E-state index is 0.107. The molecule has 1 aliphatic rings. The second-order valence-corrected chi connectivity index (χ2v) is 8.46. The molecule has 0 aromatic carbocycles. The highest BCUT2D eigenvalue weighted by atomic mass is 79.9. The first kappa shape index (κ1) is 16.7. The van der Waals surface area contributed by atoms with Gasteiger partial charge < -0.3 is 5.32 Å². The molecule has 0 spiro atoms. The quantitative estimate of drug-likeness (QED) is 0.772. The van der Waals surface area contributed by atoms with Crippen LogP contribution < -0.4 is 5.32 Å². The van der Waals surface area contributed by atoms with Crippen molar-refractivity contribution in [3.63, 3.8) is 0 Å². The van der Waals surface area contributed by atoms with E-state index in [1.54, 1.807) is 10.7 Å².